The summed E-state index contributed by atoms with van der Waals surface area (Å²) in [7, 11) is 13.1. The molecule has 0 aliphatic carbocycles. The van der Waals surface area contributed by atoms with Gasteiger partial charge >= 0.3 is 0 Å². The minimum Gasteiger partial charge on any atom is -0.490 e. The van der Waals surface area contributed by atoms with Crippen LogP contribution in [0.2, 0.25) is 5.31 Å². The average molecular weight is 881 g/mol. The zero-order chi connectivity index (χ0) is 45.9. The maximum Gasteiger partial charge on any atom is 0.127 e. The smallest absolute Gasteiger partial charge is 0.127 e. The van der Waals surface area contributed by atoms with E-state index in [0.717, 1.165) is 89.4 Å². The van der Waals surface area contributed by atoms with Crippen molar-refractivity contribution in [3.63, 3.8) is 0 Å². The molecule has 2 N–H and O–H groups in total. The Morgan fingerprint density at radius 1 is 0.591 bits per heavy atom. The van der Waals surface area contributed by atoms with E-state index in [1.165, 1.54) is 11.1 Å². The van der Waals surface area contributed by atoms with Crippen LogP contribution in [-0.2, 0) is 29.0 Å². The highest BCUT2D eigenvalue weighted by atomic mass is 16.6. The number of rotatable bonds is 25. The lowest BCUT2D eigenvalue weighted by Crippen LogP contribution is -2.34. The maximum absolute atomic E-state index is 6.78. The Morgan fingerprint density at radius 3 is 1.55 bits per heavy atom. The first kappa shape index (κ1) is 46.5. The Hall–Kier alpha value is -6.03. The summed E-state index contributed by atoms with van der Waals surface area (Å²) in [5.41, 5.74) is 8.40. The molecule has 11 heteroatoms. The number of hydrogen-bond donors (Lipinski definition) is 2. The van der Waals surface area contributed by atoms with Crippen molar-refractivity contribution in [3.8, 4) is 23.0 Å². The molecule has 9 nitrogen and oxygen atoms in total. The number of para-hydroxylation sites is 2. The molecule has 338 valence electrons. The van der Waals surface area contributed by atoms with Gasteiger partial charge in [0.05, 0.1) is 27.7 Å². The minimum atomic E-state index is -0.468. The SMILES string of the molecule is [B]C(C)(CC)CN(Cc1ccccc1OCC1CO1)c1ccc(Cc2ccc(N(CNc3ccc(Oc4ccc(NC([B])(C)CC)cc4)cc3)Cc3ccccc3OCC3CO3)cc2)cc1. The number of hydrogen-bond acceptors (Lipinski definition) is 9. The van der Waals surface area contributed by atoms with Crippen LogP contribution in [0.3, 0.4) is 0 Å². The highest BCUT2D eigenvalue weighted by molar-refractivity contribution is 6.16. The minimum absolute atomic E-state index is 0.174. The van der Waals surface area contributed by atoms with Crippen LogP contribution in [0.15, 0.2) is 146 Å². The fourth-order valence-electron chi connectivity index (χ4n) is 7.55. The number of nitrogens with one attached hydrogen (secondary N) is 2. The van der Waals surface area contributed by atoms with Crippen LogP contribution >= 0.6 is 0 Å². The van der Waals surface area contributed by atoms with Crippen LogP contribution in [-0.4, -0.2) is 73.0 Å². The quantitative estimate of drug-likeness (QED) is 0.0332. The highest BCUT2D eigenvalue weighted by Crippen LogP contribution is 2.33. The fraction of sp³-hybridized carbons (Fsp3) is 0.345. The number of anilines is 4. The normalized spacial score (nSPS) is 16.8. The summed E-state index contributed by atoms with van der Waals surface area (Å²) < 4.78 is 29.4. The van der Waals surface area contributed by atoms with Crippen molar-refractivity contribution in [2.24, 2.45) is 0 Å². The molecule has 2 aliphatic heterocycles. The van der Waals surface area contributed by atoms with Gasteiger partial charge in [-0.1, -0.05) is 100 Å². The summed E-state index contributed by atoms with van der Waals surface area (Å²) in [6.45, 7) is 13.6. The van der Waals surface area contributed by atoms with Gasteiger partial charge in [0.15, 0.2) is 0 Å². The van der Waals surface area contributed by atoms with Crippen molar-refractivity contribution < 1.29 is 23.7 Å². The van der Waals surface area contributed by atoms with E-state index in [0.29, 0.717) is 39.5 Å². The average Bonchev–Trinajstić information content (AvgIpc) is 4.28. The molecule has 6 aromatic rings. The molecule has 4 atom stereocenters. The molecular formula is C55H62B2N4O5. The third-order valence-electron chi connectivity index (χ3n) is 12.3. The molecule has 8 rings (SSSR count). The summed E-state index contributed by atoms with van der Waals surface area (Å²) in [5.74, 6) is 3.27. The maximum atomic E-state index is 6.78. The molecule has 2 fully saturated rings. The molecule has 2 aliphatic rings. The van der Waals surface area contributed by atoms with Crippen molar-refractivity contribution in [2.75, 3.05) is 60.1 Å². The van der Waals surface area contributed by atoms with Gasteiger partial charge in [-0.2, -0.15) is 0 Å². The van der Waals surface area contributed by atoms with Gasteiger partial charge < -0.3 is 44.1 Å². The lowest BCUT2D eigenvalue weighted by molar-refractivity contribution is 0.261. The van der Waals surface area contributed by atoms with Crippen molar-refractivity contribution in [2.45, 2.75) is 83.0 Å². The van der Waals surface area contributed by atoms with E-state index < -0.39 is 5.44 Å². The summed E-state index contributed by atoms with van der Waals surface area (Å²) in [4.78, 5) is 4.70. The van der Waals surface area contributed by atoms with Crippen molar-refractivity contribution in [1.82, 2.24) is 0 Å². The lowest BCUT2D eigenvalue weighted by atomic mass is 9.68. The van der Waals surface area contributed by atoms with Gasteiger partial charge in [0, 0.05) is 53.5 Å². The standard InChI is InChI=1S/C55H62B2N4O5/c1-5-54(3,56)38-60(32-42-11-7-9-13-52(42)64-36-50-34-62-50)46-23-15-40(16-24-46)31-41-17-25-47(26-18-41)61(33-43-12-8-10-14-53(43)65-37-51-35-63-51)39-58-44-19-27-48(28-20-44)66-49-29-21-45(22-30-49)59-55(4,57)6-2/h7-30,50-51,58-59H,5-6,31-39H2,1-4H3. The zero-order valence-electron chi connectivity index (χ0n) is 38.9. The molecule has 0 spiro atoms. The van der Waals surface area contributed by atoms with Crippen LogP contribution in [0, 0.1) is 0 Å². The zero-order valence-corrected chi connectivity index (χ0v) is 38.9. The number of nitrogens with zero attached hydrogens (tertiary/aromatic N) is 2. The van der Waals surface area contributed by atoms with Crippen LogP contribution < -0.4 is 34.6 Å². The van der Waals surface area contributed by atoms with Gasteiger partial charge in [0.1, 0.15) is 56.3 Å². The van der Waals surface area contributed by atoms with Gasteiger partial charge in [-0.15, -0.1) is 0 Å². The van der Waals surface area contributed by atoms with Crippen molar-refractivity contribution in [3.05, 3.63) is 168 Å². The molecule has 4 radical (unpaired) electrons. The third kappa shape index (κ3) is 13.8. The van der Waals surface area contributed by atoms with E-state index in [1.54, 1.807) is 0 Å². The summed E-state index contributed by atoms with van der Waals surface area (Å²) >= 11 is 0. The first-order valence-corrected chi connectivity index (χ1v) is 23.3. The topological polar surface area (TPSA) is 83.3 Å². The van der Waals surface area contributed by atoms with E-state index >= 15 is 0 Å². The van der Waals surface area contributed by atoms with Crippen LogP contribution in [0.25, 0.3) is 0 Å². The summed E-state index contributed by atoms with van der Waals surface area (Å²) in [6.07, 6.45) is 2.86. The second-order valence-corrected chi connectivity index (χ2v) is 18.2. The Labute approximate surface area is 394 Å². The molecule has 2 heterocycles. The third-order valence-corrected chi connectivity index (χ3v) is 12.3. The van der Waals surface area contributed by atoms with Gasteiger partial charge in [0.25, 0.3) is 0 Å². The van der Waals surface area contributed by atoms with E-state index in [4.69, 9.17) is 39.4 Å². The Bertz CT molecular complexity index is 2440. The largest absolute Gasteiger partial charge is 0.490 e. The fourth-order valence-corrected chi connectivity index (χ4v) is 7.55. The molecule has 66 heavy (non-hydrogen) atoms. The number of benzene rings is 6. The molecule has 0 bridgehead atoms. The van der Waals surface area contributed by atoms with Crippen LogP contribution in [0.5, 0.6) is 23.0 Å². The summed E-state index contributed by atoms with van der Waals surface area (Å²) in [5, 5.41) is 6.66. The second kappa shape index (κ2) is 21.5. The first-order chi connectivity index (χ1) is 32.0. The molecule has 2 saturated heterocycles. The van der Waals surface area contributed by atoms with Crippen LogP contribution in [0.4, 0.5) is 22.7 Å². The van der Waals surface area contributed by atoms with E-state index in [1.807, 2.05) is 79.7 Å². The van der Waals surface area contributed by atoms with Crippen molar-refractivity contribution >= 4 is 38.4 Å². The number of ether oxygens (including phenoxy) is 5. The van der Waals surface area contributed by atoms with E-state index in [-0.39, 0.29) is 17.5 Å². The van der Waals surface area contributed by atoms with E-state index in [2.05, 4.69) is 114 Å². The Kier molecular flexibility index (Phi) is 15.2. The molecule has 6 aromatic carbocycles. The molecule has 0 saturated carbocycles. The lowest BCUT2D eigenvalue weighted by Gasteiger charge is -2.34. The first-order valence-electron chi connectivity index (χ1n) is 23.3. The van der Waals surface area contributed by atoms with Crippen molar-refractivity contribution in [1.29, 1.82) is 0 Å². The second-order valence-electron chi connectivity index (χ2n) is 18.2. The molecule has 0 aromatic heterocycles. The Balaban J connectivity index is 0.936. The van der Waals surface area contributed by atoms with Gasteiger partial charge in [-0.05, 0) is 114 Å². The number of epoxide rings is 2. The van der Waals surface area contributed by atoms with Crippen LogP contribution in [0.1, 0.15) is 62.8 Å². The Morgan fingerprint density at radius 2 is 1.06 bits per heavy atom. The van der Waals surface area contributed by atoms with Gasteiger partial charge in [0.2, 0.25) is 0 Å². The highest BCUT2D eigenvalue weighted by Gasteiger charge is 2.26. The molecular weight excluding hydrogens is 818 g/mol. The predicted octanol–water partition coefficient (Wildman–Crippen LogP) is 11.2. The van der Waals surface area contributed by atoms with E-state index in [9.17, 15) is 0 Å². The summed E-state index contributed by atoms with van der Waals surface area (Å²) in [6, 6.07) is 50.2. The molecule has 0 amide bonds. The van der Waals surface area contributed by atoms with Gasteiger partial charge in [-0.25, -0.2) is 0 Å². The van der Waals surface area contributed by atoms with Gasteiger partial charge in [-0.3, -0.25) is 0 Å². The monoisotopic (exact) mass is 880 g/mol. The predicted molar refractivity (Wildman–Crippen MR) is 270 cm³/mol. The molecule has 4 unspecified atom stereocenters.